The van der Waals surface area contributed by atoms with Crippen molar-refractivity contribution in [3.63, 3.8) is 0 Å². The Bertz CT molecular complexity index is 172. The summed E-state index contributed by atoms with van der Waals surface area (Å²) in [7, 11) is 5.28. The van der Waals surface area contributed by atoms with E-state index in [1.165, 1.54) is 4.68 Å². The Kier molecular flexibility index (Phi) is 1.28. The molecular weight excluding hydrogens is 103 g/mol. The lowest BCUT2D eigenvalue weighted by atomic mass is 10.1. The van der Waals surface area contributed by atoms with Crippen molar-refractivity contribution in [2.24, 2.45) is 0 Å². The summed E-state index contributed by atoms with van der Waals surface area (Å²) >= 11 is 0. The zero-order valence-corrected chi connectivity index (χ0v) is 4.57. The molecule has 0 spiro atoms. The third-order valence-corrected chi connectivity index (χ3v) is 0.859. The summed E-state index contributed by atoms with van der Waals surface area (Å²) in [6.45, 7) is 2.64. The summed E-state index contributed by atoms with van der Waals surface area (Å²) in [6, 6.07) is 0. The van der Waals surface area contributed by atoms with Gasteiger partial charge in [0.05, 0.1) is 5.72 Å². The van der Waals surface area contributed by atoms with Crippen LogP contribution in [0.5, 0.6) is 0 Å². The molecule has 1 aromatic heterocycles. The zero-order chi connectivity index (χ0) is 5.98. The summed E-state index contributed by atoms with van der Waals surface area (Å²) in [5.41, 5.74) is 0.368. The van der Waals surface area contributed by atoms with Gasteiger partial charge in [-0.25, -0.2) is 4.68 Å². The van der Waals surface area contributed by atoms with Gasteiger partial charge in [0.25, 0.3) is 0 Å². The maximum atomic E-state index is 5.28. The van der Waals surface area contributed by atoms with Crippen LogP contribution in [0.2, 0.25) is 0 Å². The lowest BCUT2D eigenvalue weighted by molar-refractivity contribution is 0.638. The average molecular weight is 108 g/mol. The molecule has 0 fully saturated rings. The number of aryl methyl sites for hydroxylation is 1. The minimum atomic E-state index is 0.368. The van der Waals surface area contributed by atoms with Gasteiger partial charge in [-0.3, -0.25) is 0 Å². The quantitative estimate of drug-likeness (QED) is 0.410. The topological polar surface area (TPSA) is 43.6 Å². The minimum absolute atomic E-state index is 0.368. The van der Waals surface area contributed by atoms with Crippen LogP contribution in [0.4, 0.5) is 0 Å². The van der Waals surface area contributed by atoms with E-state index in [0.717, 1.165) is 6.54 Å². The molecule has 2 radical (unpaired) electrons. The Balaban J connectivity index is 2.92. The van der Waals surface area contributed by atoms with E-state index in [0.29, 0.717) is 5.72 Å². The highest BCUT2D eigenvalue weighted by molar-refractivity contribution is 6.28. The molecule has 1 heterocycles. The standard InChI is InChI=1S/C3H5BN4/c1-2-8-3(4)5-6-7-8/h2H2,1H3. The number of hydrogen-bond donors (Lipinski definition) is 0. The van der Waals surface area contributed by atoms with Crippen molar-refractivity contribution in [1.29, 1.82) is 0 Å². The van der Waals surface area contributed by atoms with Crippen molar-refractivity contribution in [2.75, 3.05) is 0 Å². The monoisotopic (exact) mass is 108 g/mol. The first-order valence-corrected chi connectivity index (χ1v) is 2.36. The first-order valence-electron chi connectivity index (χ1n) is 2.36. The van der Waals surface area contributed by atoms with Gasteiger partial charge in [-0.2, -0.15) is 0 Å². The number of aromatic nitrogens is 4. The van der Waals surface area contributed by atoms with E-state index >= 15 is 0 Å². The summed E-state index contributed by atoms with van der Waals surface area (Å²) < 4.78 is 1.51. The number of hydrogen-bond acceptors (Lipinski definition) is 3. The average Bonchev–Trinajstić information content (AvgIpc) is 2.14. The lowest BCUT2D eigenvalue weighted by Crippen LogP contribution is -2.18. The van der Waals surface area contributed by atoms with Crippen LogP contribution in [0.1, 0.15) is 6.92 Å². The van der Waals surface area contributed by atoms with E-state index < -0.39 is 0 Å². The molecule has 0 saturated carbocycles. The van der Waals surface area contributed by atoms with Gasteiger partial charge in [-0.15, -0.1) is 5.10 Å². The molecule has 0 aromatic carbocycles. The molecule has 0 aliphatic carbocycles. The van der Waals surface area contributed by atoms with Gasteiger partial charge in [0, 0.05) is 6.54 Å². The van der Waals surface area contributed by atoms with Crippen LogP contribution in [0, 0.1) is 0 Å². The van der Waals surface area contributed by atoms with Crippen molar-refractivity contribution in [3.8, 4) is 0 Å². The highest BCUT2D eigenvalue weighted by atomic mass is 15.5. The molecule has 0 unspecified atom stereocenters. The molecule has 40 valence electrons. The molecule has 8 heavy (non-hydrogen) atoms. The Hall–Kier alpha value is -0.865. The summed E-state index contributed by atoms with van der Waals surface area (Å²) in [5.74, 6) is 0. The maximum Gasteiger partial charge on any atom is 0.172 e. The van der Waals surface area contributed by atoms with Crippen molar-refractivity contribution in [2.45, 2.75) is 13.5 Å². The molecule has 1 aromatic rings. The summed E-state index contributed by atoms with van der Waals surface area (Å²) in [4.78, 5) is 0. The normalized spacial score (nSPS) is 9.62. The largest absolute Gasteiger partial charge is 0.241 e. The predicted octanol–water partition coefficient (Wildman–Crippen LogP) is -1.51. The van der Waals surface area contributed by atoms with E-state index in [-0.39, 0.29) is 0 Å². The van der Waals surface area contributed by atoms with Crippen molar-refractivity contribution in [1.82, 2.24) is 20.2 Å². The van der Waals surface area contributed by atoms with Gasteiger partial charge in [-0.1, -0.05) is 0 Å². The minimum Gasteiger partial charge on any atom is -0.241 e. The van der Waals surface area contributed by atoms with E-state index in [2.05, 4.69) is 15.5 Å². The van der Waals surface area contributed by atoms with Crippen LogP contribution >= 0.6 is 0 Å². The first-order chi connectivity index (χ1) is 3.84. The van der Waals surface area contributed by atoms with Crippen LogP contribution in [-0.4, -0.2) is 28.1 Å². The third kappa shape index (κ3) is 0.708. The molecule has 0 atom stereocenters. The molecule has 0 N–H and O–H groups in total. The second-order valence-electron chi connectivity index (χ2n) is 1.35. The van der Waals surface area contributed by atoms with E-state index in [1.54, 1.807) is 0 Å². The smallest absolute Gasteiger partial charge is 0.172 e. The second kappa shape index (κ2) is 1.94. The molecule has 5 heteroatoms. The first kappa shape index (κ1) is 5.28. The van der Waals surface area contributed by atoms with Crippen molar-refractivity contribution >= 4 is 13.6 Å². The van der Waals surface area contributed by atoms with E-state index in [1.807, 2.05) is 6.92 Å². The van der Waals surface area contributed by atoms with E-state index in [4.69, 9.17) is 7.85 Å². The van der Waals surface area contributed by atoms with Gasteiger partial charge in [0.15, 0.2) is 7.85 Å². The highest BCUT2D eigenvalue weighted by Gasteiger charge is 1.92. The van der Waals surface area contributed by atoms with Gasteiger partial charge in [0.1, 0.15) is 0 Å². The fourth-order valence-corrected chi connectivity index (χ4v) is 0.437. The Morgan fingerprint density at radius 2 is 2.50 bits per heavy atom. The van der Waals surface area contributed by atoms with Crippen molar-refractivity contribution < 1.29 is 0 Å². The SMILES string of the molecule is [B]c1nnnn1CC. The zero-order valence-electron chi connectivity index (χ0n) is 4.57. The fraction of sp³-hybridized carbons (Fsp3) is 0.667. The van der Waals surface area contributed by atoms with Crippen molar-refractivity contribution in [3.05, 3.63) is 0 Å². The summed E-state index contributed by atoms with van der Waals surface area (Å²) in [5, 5.41) is 10.4. The molecular formula is C3H5BN4. The molecule has 0 aliphatic heterocycles. The number of nitrogens with zero attached hydrogens (tertiary/aromatic N) is 4. The molecule has 0 saturated heterocycles. The third-order valence-electron chi connectivity index (χ3n) is 0.859. The Morgan fingerprint density at radius 3 is 2.75 bits per heavy atom. The van der Waals surface area contributed by atoms with Gasteiger partial charge in [0.2, 0.25) is 0 Å². The predicted molar refractivity (Wildman–Crippen MR) is 28.9 cm³/mol. The second-order valence-corrected chi connectivity index (χ2v) is 1.35. The number of tetrazole rings is 1. The molecule has 0 aliphatic rings. The van der Waals surface area contributed by atoms with Gasteiger partial charge >= 0.3 is 0 Å². The molecule has 4 nitrogen and oxygen atoms in total. The van der Waals surface area contributed by atoms with Crippen LogP contribution in [0.15, 0.2) is 0 Å². The Morgan fingerprint density at radius 1 is 1.75 bits per heavy atom. The van der Waals surface area contributed by atoms with E-state index in [9.17, 15) is 0 Å². The highest BCUT2D eigenvalue weighted by Crippen LogP contribution is 1.67. The lowest BCUT2D eigenvalue weighted by Gasteiger charge is -1.90. The van der Waals surface area contributed by atoms with Crippen LogP contribution in [0.3, 0.4) is 0 Å². The van der Waals surface area contributed by atoms with Gasteiger partial charge < -0.3 is 0 Å². The van der Waals surface area contributed by atoms with Crippen LogP contribution in [0.25, 0.3) is 0 Å². The van der Waals surface area contributed by atoms with Gasteiger partial charge in [-0.05, 0) is 17.4 Å². The van der Waals surface area contributed by atoms with Crippen LogP contribution < -0.4 is 5.72 Å². The molecule has 1 rings (SSSR count). The summed E-state index contributed by atoms with van der Waals surface area (Å²) in [6.07, 6.45) is 0. The van der Waals surface area contributed by atoms with Crippen LogP contribution in [-0.2, 0) is 6.54 Å². The molecule has 0 bridgehead atoms. The fourth-order valence-electron chi connectivity index (χ4n) is 0.437. The maximum absolute atomic E-state index is 5.28. The number of rotatable bonds is 1. The Labute approximate surface area is 48.3 Å². The molecule has 0 amide bonds.